The van der Waals surface area contributed by atoms with Gasteiger partial charge in [0.2, 0.25) is 0 Å². The maximum atomic E-state index is 12.1. The van der Waals surface area contributed by atoms with Crippen molar-refractivity contribution in [2.24, 2.45) is 0 Å². The second-order valence-electron chi connectivity index (χ2n) is 4.68. The fourth-order valence-electron chi connectivity index (χ4n) is 2.01. The molecular formula is C11H17F2N5O2. The minimum Gasteiger partial charge on any atom is -0.385 e. The average Bonchev–Trinajstić information content (AvgIpc) is 2.95. The highest BCUT2D eigenvalue weighted by Crippen LogP contribution is 2.16. The first-order valence-corrected chi connectivity index (χ1v) is 6.45. The number of hydrogen-bond donors (Lipinski definition) is 3. The SMILES string of the molecule is O=C(NCC(O)C(F)F)c1cn(C2CCNCC2)nn1. The molecule has 0 radical (unpaired) electrons. The molecule has 1 atom stereocenters. The molecule has 1 amide bonds. The fourth-order valence-corrected chi connectivity index (χ4v) is 2.01. The van der Waals surface area contributed by atoms with Crippen molar-refractivity contribution in [3.63, 3.8) is 0 Å². The third-order valence-electron chi connectivity index (χ3n) is 3.19. The molecule has 0 spiro atoms. The van der Waals surface area contributed by atoms with Crippen molar-refractivity contribution in [3.05, 3.63) is 11.9 Å². The largest absolute Gasteiger partial charge is 0.385 e. The Hall–Kier alpha value is -1.61. The number of rotatable bonds is 5. The second kappa shape index (κ2) is 6.71. The van der Waals surface area contributed by atoms with Crippen molar-refractivity contribution in [2.45, 2.75) is 31.4 Å². The molecule has 0 aliphatic carbocycles. The van der Waals surface area contributed by atoms with E-state index >= 15 is 0 Å². The van der Waals surface area contributed by atoms with E-state index < -0.39 is 25.0 Å². The zero-order valence-corrected chi connectivity index (χ0v) is 10.8. The molecule has 0 saturated carbocycles. The summed E-state index contributed by atoms with van der Waals surface area (Å²) in [4.78, 5) is 11.7. The lowest BCUT2D eigenvalue weighted by molar-refractivity contribution is -0.00272. The van der Waals surface area contributed by atoms with E-state index in [2.05, 4.69) is 20.9 Å². The minimum atomic E-state index is -2.89. The van der Waals surface area contributed by atoms with Gasteiger partial charge in [0.25, 0.3) is 12.3 Å². The van der Waals surface area contributed by atoms with Crippen LogP contribution in [0.5, 0.6) is 0 Å². The van der Waals surface area contributed by atoms with Crippen molar-refractivity contribution < 1.29 is 18.7 Å². The Labute approximate surface area is 114 Å². The van der Waals surface area contributed by atoms with Crippen LogP contribution >= 0.6 is 0 Å². The highest BCUT2D eigenvalue weighted by Gasteiger charge is 2.21. The number of piperidine rings is 1. The Bertz CT molecular complexity index is 448. The molecule has 9 heteroatoms. The summed E-state index contributed by atoms with van der Waals surface area (Å²) in [6.45, 7) is 1.25. The predicted octanol–water partition coefficient (Wildman–Crippen LogP) is -0.442. The van der Waals surface area contributed by atoms with Crippen LogP contribution < -0.4 is 10.6 Å². The van der Waals surface area contributed by atoms with Gasteiger partial charge in [-0.25, -0.2) is 13.5 Å². The highest BCUT2D eigenvalue weighted by molar-refractivity contribution is 5.91. The fraction of sp³-hybridized carbons (Fsp3) is 0.727. The number of amides is 1. The number of carbonyl (C=O) groups is 1. The number of carbonyl (C=O) groups excluding carboxylic acids is 1. The summed E-state index contributed by atoms with van der Waals surface area (Å²) in [7, 11) is 0. The van der Waals surface area contributed by atoms with Gasteiger partial charge < -0.3 is 15.7 Å². The van der Waals surface area contributed by atoms with Gasteiger partial charge in [-0.05, 0) is 25.9 Å². The van der Waals surface area contributed by atoms with Crippen LogP contribution in [0.3, 0.4) is 0 Å². The molecule has 1 fully saturated rings. The van der Waals surface area contributed by atoms with Crippen LogP contribution in [0.15, 0.2) is 6.20 Å². The van der Waals surface area contributed by atoms with E-state index in [9.17, 15) is 13.6 Å². The second-order valence-corrected chi connectivity index (χ2v) is 4.68. The van der Waals surface area contributed by atoms with Gasteiger partial charge in [0.1, 0.15) is 6.10 Å². The van der Waals surface area contributed by atoms with Crippen LogP contribution in [0.4, 0.5) is 8.78 Å². The molecule has 3 N–H and O–H groups in total. The molecule has 1 unspecified atom stereocenters. The first kappa shape index (κ1) is 14.8. The molecule has 1 aliphatic rings. The van der Waals surface area contributed by atoms with E-state index in [1.165, 1.54) is 6.20 Å². The number of nitrogens with one attached hydrogen (secondary N) is 2. The quantitative estimate of drug-likeness (QED) is 0.683. The van der Waals surface area contributed by atoms with E-state index in [0.29, 0.717) is 0 Å². The predicted molar refractivity (Wildman–Crippen MR) is 65.5 cm³/mol. The van der Waals surface area contributed by atoms with Gasteiger partial charge in [0.15, 0.2) is 5.69 Å². The lowest BCUT2D eigenvalue weighted by Gasteiger charge is -2.22. The van der Waals surface area contributed by atoms with Gasteiger partial charge >= 0.3 is 0 Å². The van der Waals surface area contributed by atoms with Crippen molar-refractivity contribution in [3.8, 4) is 0 Å². The molecule has 2 rings (SSSR count). The Morgan fingerprint density at radius 1 is 1.55 bits per heavy atom. The summed E-state index contributed by atoms with van der Waals surface area (Å²) < 4.78 is 25.8. The Balaban J connectivity index is 1.89. The number of halogens is 2. The number of aliphatic hydroxyl groups excluding tert-OH is 1. The van der Waals surface area contributed by atoms with Crippen LogP contribution in [0.2, 0.25) is 0 Å². The monoisotopic (exact) mass is 289 g/mol. The number of aliphatic hydroxyl groups is 1. The van der Waals surface area contributed by atoms with Crippen molar-refractivity contribution in [1.82, 2.24) is 25.6 Å². The lowest BCUT2D eigenvalue weighted by atomic mass is 10.1. The van der Waals surface area contributed by atoms with Crippen LogP contribution in [0, 0.1) is 0 Å². The first-order valence-electron chi connectivity index (χ1n) is 6.45. The van der Waals surface area contributed by atoms with Gasteiger partial charge in [-0.1, -0.05) is 5.21 Å². The van der Waals surface area contributed by atoms with E-state index in [0.717, 1.165) is 25.9 Å². The molecular weight excluding hydrogens is 272 g/mol. The van der Waals surface area contributed by atoms with E-state index in [4.69, 9.17) is 5.11 Å². The molecule has 112 valence electrons. The first-order chi connectivity index (χ1) is 9.58. The lowest BCUT2D eigenvalue weighted by Crippen LogP contribution is -2.36. The summed E-state index contributed by atoms with van der Waals surface area (Å²) in [5, 5.41) is 22.0. The Morgan fingerprint density at radius 2 is 2.25 bits per heavy atom. The van der Waals surface area contributed by atoms with Crippen LogP contribution in [0.1, 0.15) is 29.4 Å². The molecule has 20 heavy (non-hydrogen) atoms. The van der Waals surface area contributed by atoms with Gasteiger partial charge in [-0.15, -0.1) is 5.10 Å². The summed E-state index contributed by atoms with van der Waals surface area (Å²) in [5.41, 5.74) is 0.0602. The molecule has 7 nitrogen and oxygen atoms in total. The number of alkyl halides is 2. The van der Waals surface area contributed by atoms with Crippen molar-refractivity contribution >= 4 is 5.91 Å². The summed E-state index contributed by atoms with van der Waals surface area (Å²) in [6.07, 6.45) is -1.47. The third kappa shape index (κ3) is 3.70. The highest BCUT2D eigenvalue weighted by atomic mass is 19.3. The number of nitrogens with zero attached hydrogens (tertiary/aromatic N) is 3. The Morgan fingerprint density at radius 3 is 2.90 bits per heavy atom. The smallest absolute Gasteiger partial charge is 0.273 e. The normalized spacial score (nSPS) is 18.2. The van der Waals surface area contributed by atoms with Crippen molar-refractivity contribution in [2.75, 3.05) is 19.6 Å². The standard InChI is InChI=1S/C11H17F2N5O2/c12-10(13)9(19)5-15-11(20)8-6-18(17-16-8)7-1-3-14-4-2-7/h6-7,9-10,14,19H,1-5H2,(H,15,20). The average molecular weight is 289 g/mol. The molecule has 1 aromatic rings. The van der Waals surface area contributed by atoms with Crippen LogP contribution in [0.25, 0.3) is 0 Å². The van der Waals surface area contributed by atoms with Gasteiger partial charge in [0, 0.05) is 6.54 Å². The minimum absolute atomic E-state index is 0.0602. The number of hydrogen-bond acceptors (Lipinski definition) is 5. The van der Waals surface area contributed by atoms with Crippen LogP contribution in [-0.4, -0.2) is 58.2 Å². The summed E-state index contributed by atoms with van der Waals surface area (Å²) in [6, 6.07) is 0.192. The van der Waals surface area contributed by atoms with Gasteiger partial charge in [-0.2, -0.15) is 0 Å². The zero-order valence-electron chi connectivity index (χ0n) is 10.8. The van der Waals surface area contributed by atoms with Crippen LogP contribution in [-0.2, 0) is 0 Å². The van der Waals surface area contributed by atoms with E-state index in [-0.39, 0.29) is 11.7 Å². The molecule has 0 bridgehead atoms. The molecule has 1 aliphatic heterocycles. The van der Waals surface area contributed by atoms with Crippen molar-refractivity contribution in [1.29, 1.82) is 0 Å². The zero-order chi connectivity index (χ0) is 14.5. The number of aromatic nitrogens is 3. The maximum Gasteiger partial charge on any atom is 0.273 e. The maximum absolute atomic E-state index is 12.1. The van der Waals surface area contributed by atoms with Gasteiger partial charge in [-0.3, -0.25) is 4.79 Å². The molecule has 1 saturated heterocycles. The summed E-state index contributed by atoms with van der Waals surface area (Å²) in [5.74, 6) is -0.620. The van der Waals surface area contributed by atoms with E-state index in [1.807, 2.05) is 0 Å². The molecule has 2 heterocycles. The third-order valence-corrected chi connectivity index (χ3v) is 3.19. The van der Waals surface area contributed by atoms with E-state index in [1.54, 1.807) is 4.68 Å². The topological polar surface area (TPSA) is 92.1 Å². The molecule has 0 aromatic carbocycles. The summed E-state index contributed by atoms with van der Waals surface area (Å²) >= 11 is 0. The Kier molecular flexibility index (Phi) is 4.96. The van der Waals surface area contributed by atoms with Gasteiger partial charge in [0.05, 0.1) is 12.2 Å². The molecule has 1 aromatic heterocycles.